The van der Waals surface area contributed by atoms with Crippen LogP contribution in [0.5, 0.6) is 11.5 Å². The normalized spacial score (nSPS) is 11.6. The number of hydrogen-bond donors (Lipinski definition) is 1. The van der Waals surface area contributed by atoms with Gasteiger partial charge < -0.3 is 19.5 Å². The Morgan fingerprint density at radius 2 is 1.58 bits per heavy atom. The third-order valence-electron chi connectivity index (χ3n) is 6.39. The molecule has 1 N–H and O–H groups in total. The average Bonchev–Trinajstić information content (AvgIpc) is 2.92. The topological polar surface area (TPSA) is 73.9 Å². The van der Waals surface area contributed by atoms with Crippen LogP contribution in [0.25, 0.3) is 0 Å². The van der Waals surface area contributed by atoms with E-state index in [-0.39, 0.29) is 18.3 Å². The van der Waals surface area contributed by atoms with Gasteiger partial charge in [0, 0.05) is 12.1 Å². The van der Waals surface area contributed by atoms with Crippen LogP contribution in [0.15, 0.2) is 72.8 Å². The van der Waals surface area contributed by atoms with Gasteiger partial charge >= 0.3 is 5.97 Å². The molecule has 0 aliphatic heterocycles. The molecule has 0 aromatic heterocycles. The molecule has 3 aromatic carbocycles. The zero-order chi connectivity index (χ0) is 27.3. The maximum atomic E-state index is 12.9. The Bertz CT molecular complexity index is 1160. The third kappa shape index (κ3) is 8.65. The van der Waals surface area contributed by atoms with Crippen LogP contribution in [0.3, 0.4) is 0 Å². The van der Waals surface area contributed by atoms with Crippen molar-refractivity contribution in [3.63, 3.8) is 0 Å². The van der Waals surface area contributed by atoms with Crippen molar-refractivity contribution < 1.29 is 23.8 Å². The summed E-state index contributed by atoms with van der Waals surface area (Å²) in [5.41, 5.74) is 3.57. The molecule has 38 heavy (non-hydrogen) atoms. The van der Waals surface area contributed by atoms with Gasteiger partial charge in [-0.2, -0.15) is 0 Å². The minimum atomic E-state index is -0.272. The Hall–Kier alpha value is -3.80. The fourth-order valence-electron chi connectivity index (χ4n) is 4.36. The fraction of sp³-hybridized carbons (Fsp3) is 0.375. The van der Waals surface area contributed by atoms with Gasteiger partial charge in [0.25, 0.3) is 5.91 Å². The van der Waals surface area contributed by atoms with Gasteiger partial charge in [-0.3, -0.25) is 9.59 Å². The summed E-state index contributed by atoms with van der Waals surface area (Å²) in [5.74, 6) is 1.86. The highest BCUT2D eigenvalue weighted by atomic mass is 16.5. The van der Waals surface area contributed by atoms with E-state index in [2.05, 4.69) is 50.4 Å². The Kier molecular flexibility index (Phi) is 11.2. The zero-order valence-corrected chi connectivity index (χ0v) is 22.9. The molecule has 202 valence electrons. The zero-order valence-electron chi connectivity index (χ0n) is 22.9. The maximum Gasteiger partial charge on any atom is 0.305 e. The number of esters is 1. The Morgan fingerprint density at radius 3 is 2.24 bits per heavy atom. The van der Waals surface area contributed by atoms with Crippen LogP contribution in [0.2, 0.25) is 0 Å². The summed E-state index contributed by atoms with van der Waals surface area (Å²) < 4.78 is 16.6. The van der Waals surface area contributed by atoms with Crippen molar-refractivity contribution in [2.24, 2.45) is 5.92 Å². The molecule has 0 spiro atoms. The van der Waals surface area contributed by atoms with Gasteiger partial charge in [0.2, 0.25) is 0 Å². The minimum absolute atomic E-state index is 0.251. The van der Waals surface area contributed by atoms with Gasteiger partial charge in [0.05, 0.1) is 18.8 Å². The number of benzene rings is 3. The van der Waals surface area contributed by atoms with Crippen LogP contribution in [0.4, 0.5) is 5.69 Å². The number of carbonyl (C=O) groups is 2. The monoisotopic (exact) mass is 517 g/mol. The summed E-state index contributed by atoms with van der Waals surface area (Å²) in [5, 5.41) is 2.91. The van der Waals surface area contributed by atoms with Crippen LogP contribution >= 0.6 is 0 Å². The Morgan fingerprint density at radius 1 is 0.868 bits per heavy atom. The van der Waals surface area contributed by atoms with Crippen LogP contribution < -0.4 is 14.8 Å². The second-order valence-electron chi connectivity index (χ2n) is 9.52. The first-order valence-electron chi connectivity index (χ1n) is 13.4. The molecule has 0 aliphatic carbocycles. The summed E-state index contributed by atoms with van der Waals surface area (Å²) in [7, 11) is 0. The van der Waals surface area contributed by atoms with E-state index in [1.807, 2.05) is 30.3 Å². The van der Waals surface area contributed by atoms with Crippen molar-refractivity contribution >= 4 is 17.6 Å². The van der Waals surface area contributed by atoms with Crippen LogP contribution in [-0.2, 0) is 16.1 Å². The lowest BCUT2D eigenvalue weighted by Gasteiger charge is -2.19. The number of para-hydroxylation sites is 1. The largest absolute Gasteiger partial charge is 0.493 e. The highest BCUT2D eigenvalue weighted by Crippen LogP contribution is 2.28. The van der Waals surface area contributed by atoms with Gasteiger partial charge in [-0.1, -0.05) is 57.2 Å². The Balaban J connectivity index is 1.51. The second-order valence-corrected chi connectivity index (χ2v) is 9.52. The number of ether oxygens (including phenoxy) is 3. The number of amides is 1. The maximum absolute atomic E-state index is 12.9. The summed E-state index contributed by atoms with van der Waals surface area (Å²) >= 11 is 0. The van der Waals surface area contributed by atoms with Gasteiger partial charge in [-0.25, -0.2) is 0 Å². The summed E-state index contributed by atoms with van der Waals surface area (Å²) in [6.45, 7) is 9.69. The van der Waals surface area contributed by atoms with E-state index in [0.29, 0.717) is 55.1 Å². The molecule has 1 unspecified atom stereocenters. The number of nitrogens with one attached hydrogen (secondary N) is 1. The highest BCUT2D eigenvalue weighted by molar-refractivity contribution is 6.06. The van der Waals surface area contributed by atoms with Gasteiger partial charge in [-0.05, 0) is 79.1 Å². The minimum Gasteiger partial charge on any atom is -0.493 e. The average molecular weight is 518 g/mol. The van der Waals surface area contributed by atoms with E-state index >= 15 is 0 Å². The van der Waals surface area contributed by atoms with E-state index in [1.165, 1.54) is 5.56 Å². The van der Waals surface area contributed by atoms with Gasteiger partial charge in [0.1, 0.15) is 18.1 Å². The van der Waals surface area contributed by atoms with Crippen LogP contribution in [-0.4, -0.2) is 25.1 Å². The molecule has 0 fully saturated rings. The first-order chi connectivity index (χ1) is 18.4. The predicted octanol–water partition coefficient (Wildman–Crippen LogP) is 7.39. The molecule has 6 heteroatoms. The first-order valence-corrected chi connectivity index (χ1v) is 13.4. The molecular formula is C32H39NO5. The van der Waals surface area contributed by atoms with Crippen LogP contribution in [0, 0.1) is 5.92 Å². The highest BCUT2D eigenvalue weighted by Gasteiger charge is 2.14. The summed E-state index contributed by atoms with van der Waals surface area (Å²) in [6, 6.07) is 23.0. The molecule has 0 bridgehead atoms. The molecular weight excluding hydrogens is 478 g/mol. The lowest BCUT2D eigenvalue weighted by molar-refractivity contribution is -0.143. The molecule has 3 aromatic rings. The molecule has 1 atom stereocenters. The van der Waals surface area contributed by atoms with E-state index in [0.717, 1.165) is 17.7 Å². The van der Waals surface area contributed by atoms with Gasteiger partial charge in [-0.15, -0.1) is 0 Å². The molecule has 0 saturated carbocycles. The number of carbonyl (C=O) groups excluding carboxylic acids is 2. The van der Waals surface area contributed by atoms with Crippen molar-refractivity contribution in [1.29, 1.82) is 0 Å². The molecule has 0 saturated heterocycles. The molecule has 6 nitrogen and oxygen atoms in total. The Labute approximate surface area is 226 Å². The van der Waals surface area contributed by atoms with Gasteiger partial charge in [0.15, 0.2) is 0 Å². The number of rotatable bonds is 14. The van der Waals surface area contributed by atoms with Crippen LogP contribution in [0.1, 0.15) is 74.4 Å². The lowest BCUT2D eigenvalue weighted by atomic mass is 9.86. The SMILES string of the molecule is CCOC(=O)CCCOc1ccccc1C(=O)Nc1ccc(OCc2ccc(C(CC)C(C)C)cc2)cc1. The van der Waals surface area contributed by atoms with E-state index in [1.54, 1.807) is 25.1 Å². The molecule has 0 aliphatic rings. The summed E-state index contributed by atoms with van der Waals surface area (Å²) in [6.07, 6.45) is 1.92. The predicted molar refractivity (Wildman–Crippen MR) is 151 cm³/mol. The number of anilines is 1. The van der Waals surface area contributed by atoms with E-state index in [9.17, 15) is 9.59 Å². The standard InChI is InChI=1S/C32H39NO5/c1-5-28(23(3)4)25-15-13-24(14-16-25)22-38-27-19-17-26(18-20-27)33-32(35)29-10-7-8-11-30(29)37-21-9-12-31(34)36-6-2/h7-8,10-11,13-20,23,28H,5-6,9,12,21-22H2,1-4H3,(H,33,35). The first kappa shape index (κ1) is 28.8. The molecule has 0 heterocycles. The fourth-order valence-corrected chi connectivity index (χ4v) is 4.36. The van der Waals surface area contributed by atoms with Crippen molar-refractivity contribution in [3.8, 4) is 11.5 Å². The molecule has 3 rings (SSSR count). The van der Waals surface area contributed by atoms with Crippen molar-refractivity contribution in [2.75, 3.05) is 18.5 Å². The van der Waals surface area contributed by atoms with Crippen molar-refractivity contribution in [3.05, 3.63) is 89.5 Å². The smallest absolute Gasteiger partial charge is 0.305 e. The van der Waals surface area contributed by atoms with Crippen molar-refractivity contribution in [1.82, 2.24) is 0 Å². The third-order valence-corrected chi connectivity index (χ3v) is 6.39. The quantitative estimate of drug-likeness (QED) is 0.178. The van der Waals surface area contributed by atoms with E-state index in [4.69, 9.17) is 14.2 Å². The lowest BCUT2D eigenvalue weighted by Crippen LogP contribution is -2.14. The number of hydrogen-bond acceptors (Lipinski definition) is 5. The second kappa shape index (κ2) is 14.8. The van der Waals surface area contributed by atoms with Crippen molar-refractivity contribution in [2.45, 2.75) is 59.5 Å². The molecule has 1 amide bonds. The summed E-state index contributed by atoms with van der Waals surface area (Å²) in [4.78, 5) is 24.4. The molecule has 0 radical (unpaired) electrons. The van der Waals surface area contributed by atoms with E-state index < -0.39 is 0 Å².